The van der Waals surface area contributed by atoms with E-state index in [0.717, 1.165) is 28.8 Å². The molecule has 1 saturated heterocycles. The van der Waals surface area contributed by atoms with Gasteiger partial charge in [0.25, 0.3) is 0 Å². The summed E-state index contributed by atoms with van der Waals surface area (Å²) in [7, 11) is 0. The second-order valence-corrected chi connectivity index (χ2v) is 13.0. The molecule has 2 aromatic heterocycles. The molecule has 4 atom stereocenters. The Labute approximate surface area is 306 Å². The molecule has 0 saturated carbocycles. The third-order valence-electron chi connectivity index (χ3n) is 9.73. The highest BCUT2D eigenvalue weighted by Crippen LogP contribution is 2.43. The van der Waals surface area contributed by atoms with Crippen LogP contribution in [0.5, 0.6) is 0 Å². The fraction of sp³-hybridized carbons (Fsp3) is 0.182. The van der Waals surface area contributed by atoms with Crippen molar-refractivity contribution in [1.82, 2.24) is 19.5 Å². The molecule has 4 unspecified atom stereocenters. The van der Waals surface area contributed by atoms with Crippen LogP contribution in [0.4, 0.5) is 4.39 Å². The molecule has 9 heteroatoms. The van der Waals surface area contributed by atoms with E-state index < -0.39 is 36.2 Å². The van der Waals surface area contributed by atoms with Crippen molar-refractivity contribution in [2.45, 2.75) is 43.1 Å². The van der Waals surface area contributed by atoms with Crippen LogP contribution in [0.1, 0.15) is 44.5 Å². The number of carbonyl (C=O) groups excluding carboxylic acids is 1. The van der Waals surface area contributed by atoms with E-state index in [2.05, 4.69) is 27.1 Å². The summed E-state index contributed by atoms with van der Waals surface area (Å²) in [5.41, 5.74) is 4.74. The maximum Gasteiger partial charge on any atom is 0.338 e. The molecule has 264 valence electrons. The van der Waals surface area contributed by atoms with Gasteiger partial charge in [0.05, 0.1) is 24.2 Å². The van der Waals surface area contributed by atoms with E-state index in [-0.39, 0.29) is 6.61 Å². The number of ether oxygens (including phenoxy) is 3. The lowest BCUT2D eigenvalue weighted by atomic mass is 9.80. The predicted octanol–water partition coefficient (Wildman–Crippen LogP) is 8.08. The number of imidazole rings is 1. The van der Waals surface area contributed by atoms with Crippen molar-refractivity contribution < 1.29 is 23.4 Å². The Morgan fingerprint density at radius 1 is 0.698 bits per heavy atom. The summed E-state index contributed by atoms with van der Waals surface area (Å²) in [6.07, 6.45) is -0.948. The van der Waals surface area contributed by atoms with Crippen LogP contribution in [0, 0.1) is 0 Å². The Morgan fingerprint density at radius 3 is 1.83 bits per heavy atom. The number of rotatable bonds is 12. The monoisotopic (exact) mass is 704 g/mol. The molecule has 5 aromatic carbocycles. The van der Waals surface area contributed by atoms with Gasteiger partial charge in [-0.15, -0.1) is 0 Å². The van der Waals surface area contributed by atoms with Crippen molar-refractivity contribution in [3.05, 3.63) is 198 Å². The van der Waals surface area contributed by atoms with Gasteiger partial charge in [-0.1, -0.05) is 140 Å². The first-order valence-electron chi connectivity index (χ1n) is 17.7. The van der Waals surface area contributed by atoms with Crippen LogP contribution in [0.2, 0.25) is 0 Å². The van der Waals surface area contributed by atoms with Gasteiger partial charge in [-0.2, -0.15) is 0 Å². The third kappa shape index (κ3) is 6.84. The Kier molecular flexibility index (Phi) is 9.83. The average molecular weight is 705 g/mol. The minimum absolute atomic E-state index is 0.119. The molecular formula is C44H37FN4O4. The van der Waals surface area contributed by atoms with Crippen LogP contribution in [0.3, 0.4) is 0 Å². The SMILES string of the molecule is O=C(OC1C(COC(c2ccccc2)(c2ccccc2)c2ccccc2)OC(n2cnc3c(CCc4ccccc4)ncnc32)C1F)c1ccccc1. The van der Waals surface area contributed by atoms with E-state index in [4.69, 9.17) is 14.2 Å². The highest BCUT2D eigenvalue weighted by Gasteiger charge is 2.51. The third-order valence-corrected chi connectivity index (χ3v) is 9.73. The molecule has 0 bridgehead atoms. The summed E-state index contributed by atoms with van der Waals surface area (Å²) >= 11 is 0. The van der Waals surface area contributed by atoms with Gasteiger partial charge in [-0.3, -0.25) is 4.57 Å². The van der Waals surface area contributed by atoms with Gasteiger partial charge in [0.2, 0.25) is 0 Å². The highest BCUT2D eigenvalue weighted by molar-refractivity contribution is 5.89. The number of nitrogens with zero attached hydrogens (tertiary/aromatic N) is 4. The van der Waals surface area contributed by atoms with E-state index in [1.165, 1.54) is 18.2 Å². The normalized spacial score (nSPS) is 18.6. The second-order valence-electron chi connectivity index (χ2n) is 13.0. The standard InChI is InChI=1S/C44H37FN4O4/c45-38-40(53-43(50)32-18-8-2-9-19-32)37(52-42(38)49-30-48-39-36(46-29-47-41(39)49)27-26-31-16-6-1-7-17-31)28-51-44(33-20-10-3-11-21-33,34-22-12-4-13-23-34)35-24-14-5-15-25-35/h1-25,29-30,37-38,40,42H,26-28H2. The highest BCUT2D eigenvalue weighted by atomic mass is 19.1. The van der Waals surface area contributed by atoms with E-state index in [1.807, 2.05) is 109 Å². The zero-order chi connectivity index (χ0) is 36.0. The molecule has 0 spiro atoms. The Morgan fingerprint density at radius 2 is 1.25 bits per heavy atom. The van der Waals surface area contributed by atoms with Gasteiger partial charge >= 0.3 is 5.97 Å². The lowest BCUT2D eigenvalue weighted by Gasteiger charge is -2.37. The van der Waals surface area contributed by atoms with Gasteiger partial charge in [-0.05, 0) is 47.2 Å². The fourth-order valence-electron chi connectivity index (χ4n) is 7.11. The molecule has 7 aromatic rings. The van der Waals surface area contributed by atoms with E-state index in [0.29, 0.717) is 23.1 Å². The van der Waals surface area contributed by atoms with E-state index >= 15 is 4.39 Å². The summed E-state index contributed by atoms with van der Waals surface area (Å²) in [6.45, 7) is -0.119. The van der Waals surface area contributed by atoms with Crippen LogP contribution in [-0.2, 0) is 32.7 Å². The summed E-state index contributed by atoms with van der Waals surface area (Å²) in [5, 5.41) is 0. The Bertz CT molecular complexity index is 2160. The number of aryl methyl sites for hydroxylation is 2. The number of esters is 1. The second kappa shape index (κ2) is 15.3. The van der Waals surface area contributed by atoms with E-state index in [1.54, 1.807) is 34.9 Å². The largest absolute Gasteiger partial charge is 0.453 e. The molecule has 8 nitrogen and oxygen atoms in total. The van der Waals surface area contributed by atoms with Gasteiger partial charge < -0.3 is 14.2 Å². The van der Waals surface area contributed by atoms with Crippen molar-refractivity contribution in [1.29, 1.82) is 0 Å². The number of hydrogen-bond acceptors (Lipinski definition) is 7. The number of benzene rings is 5. The summed E-state index contributed by atoms with van der Waals surface area (Å²) in [4.78, 5) is 27.1. The van der Waals surface area contributed by atoms with Crippen molar-refractivity contribution in [2.24, 2.45) is 0 Å². The number of fused-ring (bicyclic) bond motifs is 1. The lowest BCUT2D eigenvalue weighted by Crippen LogP contribution is -2.41. The van der Waals surface area contributed by atoms with Gasteiger partial charge in [0.15, 0.2) is 24.2 Å². The van der Waals surface area contributed by atoms with Gasteiger partial charge in [0.1, 0.15) is 23.5 Å². The first-order valence-corrected chi connectivity index (χ1v) is 17.7. The van der Waals surface area contributed by atoms with Crippen molar-refractivity contribution in [3.8, 4) is 0 Å². The van der Waals surface area contributed by atoms with Crippen LogP contribution in [-0.4, -0.2) is 50.5 Å². The minimum Gasteiger partial charge on any atom is -0.453 e. The maximum atomic E-state index is 17.0. The number of carbonyl (C=O) groups is 1. The minimum atomic E-state index is -1.78. The first kappa shape index (κ1) is 34.1. The van der Waals surface area contributed by atoms with E-state index in [9.17, 15) is 4.79 Å². The average Bonchev–Trinajstić information content (AvgIpc) is 3.79. The molecule has 53 heavy (non-hydrogen) atoms. The molecule has 8 rings (SSSR count). The van der Waals surface area contributed by atoms with Gasteiger partial charge in [0, 0.05) is 0 Å². The maximum absolute atomic E-state index is 17.0. The van der Waals surface area contributed by atoms with Crippen LogP contribution in [0.15, 0.2) is 164 Å². The predicted molar refractivity (Wildman–Crippen MR) is 199 cm³/mol. The smallest absolute Gasteiger partial charge is 0.338 e. The zero-order valence-electron chi connectivity index (χ0n) is 28.8. The van der Waals surface area contributed by atoms with Crippen LogP contribution >= 0.6 is 0 Å². The molecule has 0 N–H and O–H groups in total. The molecule has 0 amide bonds. The molecule has 1 fully saturated rings. The Hall–Kier alpha value is -6.03. The van der Waals surface area contributed by atoms with Gasteiger partial charge in [-0.25, -0.2) is 24.1 Å². The topological polar surface area (TPSA) is 88.4 Å². The Balaban J connectivity index is 1.15. The molecule has 1 aliphatic heterocycles. The summed E-state index contributed by atoms with van der Waals surface area (Å²) in [5.74, 6) is -0.658. The molecular weight excluding hydrogens is 668 g/mol. The van der Waals surface area contributed by atoms with Crippen molar-refractivity contribution in [2.75, 3.05) is 6.61 Å². The number of halogens is 1. The molecule has 3 heterocycles. The lowest BCUT2D eigenvalue weighted by molar-refractivity contribution is -0.0957. The molecule has 1 aliphatic rings. The zero-order valence-corrected chi connectivity index (χ0v) is 28.8. The number of aromatic nitrogens is 4. The summed E-state index contributed by atoms with van der Waals surface area (Å²) < 4.78 is 38.1. The number of alkyl halides is 1. The number of hydrogen-bond donors (Lipinski definition) is 0. The molecule has 0 radical (unpaired) electrons. The van der Waals surface area contributed by atoms with Crippen molar-refractivity contribution in [3.63, 3.8) is 0 Å². The first-order chi connectivity index (χ1) is 26.1. The van der Waals surface area contributed by atoms with Crippen LogP contribution in [0.25, 0.3) is 11.2 Å². The fourth-order valence-corrected chi connectivity index (χ4v) is 7.11. The quantitative estimate of drug-likeness (QED) is 0.0939. The summed E-state index contributed by atoms with van der Waals surface area (Å²) in [6, 6.07) is 48.4. The molecule has 0 aliphatic carbocycles. The van der Waals surface area contributed by atoms with Crippen LogP contribution < -0.4 is 0 Å². The van der Waals surface area contributed by atoms with Crippen molar-refractivity contribution >= 4 is 17.1 Å².